The van der Waals surface area contributed by atoms with Crippen molar-refractivity contribution in [3.8, 4) is 0 Å². The smallest absolute Gasteiger partial charge is 0.0726 e. The van der Waals surface area contributed by atoms with E-state index in [1.54, 1.807) is 0 Å². The van der Waals surface area contributed by atoms with Gasteiger partial charge < -0.3 is 15.0 Å². The minimum Gasteiger partial charge on any atom is -0.372 e. The Balaban J connectivity index is 2.05. The lowest BCUT2D eigenvalue weighted by Crippen LogP contribution is -2.45. The van der Waals surface area contributed by atoms with Crippen molar-refractivity contribution in [1.82, 2.24) is 5.32 Å². The number of nitrogens with one attached hydrogen (secondary N) is 1. The molecule has 0 aliphatic carbocycles. The fourth-order valence-electron chi connectivity index (χ4n) is 2.79. The van der Waals surface area contributed by atoms with Crippen molar-refractivity contribution in [2.24, 2.45) is 0 Å². The highest BCUT2D eigenvalue weighted by Crippen LogP contribution is 2.22. The van der Waals surface area contributed by atoms with Crippen LogP contribution < -0.4 is 10.2 Å². The zero-order valence-corrected chi connectivity index (χ0v) is 12.5. The second kappa shape index (κ2) is 6.40. The molecule has 1 N–H and O–H groups in total. The monoisotopic (exact) mass is 262 g/mol. The Morgan fingerprint density at radius 1 is 1.21 bits per heavy atom. The maximum absolute atomic E-state index is 5.78. The van der Waals surface area contributed by atoms with Crippen molar-refractivity contribution in [2.45, 2.75) is 45.9 Å². The van der Waals surface area contributed by atoms with Crippen LogP contribution in [0.5, 0.6) is 0 Å². The Labute approximate surface area is 116 Å². The quantitative estimate of drug-likeness (QED) is 0.903. The molecule has 0 amide bonds. The van der Waals surface area contributed by atoms with E-state index in [2.05, 4.69) is 62.2 Å². The van der Waals surface area contributed by atoms with Crippen molar-refractivity contribution in [3.05, 3.63) is 29.8 Å². The van der Waals surface area contributed by atoms with Crippen LogP contribution in [0.15, 0.2) is 24.3 Å². The molecule has 0 radical (unpaired) electrons. The van der Waals surface area contributed by atoms with Crippen molar-refractivity contribution in [1.29, 1.82) is 0 Å². The number of morpholine rings is 1. The lowest BCUT2D eigenvalue weighted by molar-refractivity contribution is -0.00521. The first-order valence-electron chi connectivity index (χ1n) is 7.34. The summed E-state index contributed by atoms with van der Waals surface area (Å²) in [4.78, 5) is 2.42. The maximum Gasteiger partial charge on any atom is 0.0726 e. The van der Waals surface area contributed by atoms with E-state index < -0.39 is 0 Å². The van der Waals surface area contributed by atoms with Crippen molar-refractivity contribution < 1.29 is 4.74 Å². The molecule has 3 nitrogen and oxygen atoms in total. The van der Waals surface area contributed by atoms with Crippen LogP contribution in [-0.4, -0.2) is 31.8 Å². The average molecular weight is 262 g/mol. The molecule has 1 aromatic rings. The van der Waals surface area contributed by atoms with Gasteiger partial charge in [-0.25, -0.2) is 0 Å². The fraction of sp³-hybridized carbons (Fsp3) is 0.625. The molecule has 2 rings (SSSR count). The third-order valence-electron chi connectivity index (χ3n) is 3.69. The SMILES string of the molecule is CCNC(C)c1ccc(N2C[C@@H](C)O[C@@H](C)C2)cc1. The molecule has 1 saturated heterocycles. The summed E-state index contributed by atoms with van der Waals surface area (Å²) >= 11 is 0. The number of benzene rings is 1. The van der Waals surface area contributed by atoms with Gasteiger partial charge in [-0.3, -0.25) is 0 Å². The van der Waals surface area contributed by atoms with E-state index in [4.69, 9.17) is 4.74 Å². The van der Waals surface area contributed by atoms with E-state index in [0.717, 1.165) is 19.6 Å². The Hall–Kier alpha value is -1.06. The predicted molar refractivity (Wildman–Crippen MR) is 80.8 cm³/mol. The number of anilines is 1. The van der Waals surface area contributed by atoms with Gasteiger partial charge in [-0.15, -0.1) is 0 Å². The molecule has 3 heteroatoms. The predicted octanol–water partition coefficient (Wildman–Crippen LogP) is 2.97. The molecule has 1 aromatic carbocycles. The van der Waals surface area contributed by atoms with E-state index in [1.807, 2.05) is 0 Å². The highest BCUT2D eigenvalue weighted by atomic mass is 16.5. The normalized spacial score (nSPS) is 25.4. The molecule has 1 aliphatic heterocycles. The zero-order chi connectivity index (χ0) is 13.8. The summed E-state index contributed by atoms with van der Waals surface area (Å²) in [6, 6.07) is 9.34. The Kier molecular flexibility index (Phi) is 4.83. The number of ether oxygens (including phenoxy) is 1. The van der Waals surface area contributed by atoms with Crippen LogP contribution in [0.4, 0.5) is 5.69 Å². The van der Waals surface area contributed by atoms with Crippen LogP contribution in [0.3, 0.4) is 0 Å². The molecule has 0 spiro atoms. The van der Waals surface area contributed by atoms with E-state index >= 15 is 0 Å². The molecule has 106 valence electrons. The average Bonchev–Trinajstić information content (AvgIpc) is 2.38. The van der Waals surface area contributed by atoms with Crippen molar-refractivity contribution in [2.75, 3.05) is 24.5 Å². The van der Waals surface area contributed by atoms with E-state index in [1.165, 1.54) is 11.3 Å². The van der Waals surface area contributed by atoms with Gasteiger partial charge in [0.25, 0.3) is 0 Å². The Morgan fingerprint density at radius 3 is 2.32 bits per heavy atom. The molecular formula is C16H26N2O. The molecule has 1 fully saturated rings. The summed E-state index contributed by atoms with van der Waals surface area (Å²) in [7, 11) is 0. The lowest BCUT2D eigenvalue weighted by Gasteiger charge is -2.37. The molecule has 0 saturated carbocycles. The van der Waals surface area contributed by atoms with Crippen LogP contribution in [0, 0.1) is 0 Å². The van der Waals surface area contributed by atoms with Crippen molar-refractivity contribution in [3.63, 3.8) is 0 Å². The third-order valence-corrected chi connectivity index (χ3v) is 3.69. The van der Waals surface area contributed by atoms with Crippen LogP contribution in [0.25, 0.3) is 0 Å². The maximum atomic E-state index is 5.78. The van der Waals surface area contributed by atoms with E-state index in [-0.39, 0.29) is 0 Å². The number of hydrogen-bond acceptors (Lipinski definition) is 3. The lowest BCUT2D eigenvalue weighted by atomic mass is 10.1. The van der Waals surface area contributed by atoms with Gasteiger partial charge in [0, 0.05) is 24.8 Å². The molecular weight excluding hydrogens is 236 g/mol. The standard InChI is InChI=1S/C16H26N2O/c1-5-17-14(4)15-6-8-16(9-7-15)18-10-12(2)19-13(3)11-18/h6-9,12-14,17H,5,10-11H2,1-4H3/t12-,13+,14?. The molecule has 3 atom stereocenters. The minimum atomic E-state index is 0.309. The highest BCUT2D eigenvalue weighted by Gasteiger charge is 2.22. The topological polar surface area (TPSA) is 24.5 Å². The van der Waals surface area contributed by atoms with E-state index in [9.17, 15) is 0 Å². The van der Waals surface area contributed by atoms with Gasteiger partial charge in [-0.2, -0.15) is 0 Å². The molecule has 1 heterocycles. The molecule has 0 aromatic heterocycles. The van der Waals surface area contributed by atoms with Gasteiger partial charge in [0.1, 0.15) is 0 Å². The summed E-state index contributed by atoms with van der Waals surface area (Å²) in [5.74, 6) is 0. The van der Waals surface area contributed by atoms with Crippen LogP contribution in [-0.2, 0) is 4.74 Å². The summed E-state index contributed by atoms with van der Waals surface area (Å²) < 4.78 is 5.78. The Morgan fingerprint density at radius 2 is 1.79 bits per heavy atom. The molecule has 1 unspecified atom stereocenters. The second-order valence-electron chi connectivity index (χ2n) is 5.53. The highest BCUT2D eigenvalue weighted by molar-refractivity contribution is 5.48. The zero-order valence-electron chi connectivity index (χ0n) is 12.5. The van der Waals surface area contributed by atoms with Gasteiger partial charge in [0.15, 0.2) is 0 Å². The first kappa shape index (κ1) is 14.4. The summed E-state index contributed by atoms with van der Waals surface area (Å²) in [6.07, 6.45) is 0.619. The molecule has 1 aliphatic rings. The summed E-state index contributed by atoms with van der Waals surface area (Å²) in [6.45, 7) is 11.6. The van der Waals surface area contributed by atoms with Crippen molar-refractivity contribution >= 4 is 5.69 Å². The number of hydrogen-bond donors (Lipinski definition) is 1. The Bertz CT molecular complexity index is 380. The largest absolute Gasteiger partial charge is 0.372 e. The minimum absolute atomic E-state index is 0.309. The molecule has 19 heavy (non-hydrogen) atoms. The number of rotatable bonds is 4. The first-order valence-corrected chi connectivity index (χ1v) is 7.34. The molecule has 0 bridgehead atoms. The summed E-state index contributed by atoms with van der Waals surface area (Å²) in [5, 5.41) is 3.44. The van der Waals surface area contributed by atoms with Gasteiger partial charge in [-0.05, 0) is 45.0 Å². The number of nitrogens with zero attached hydrogens (tertiary/aromatic N) is 1. The van der Waals surface area contributed by atoms with Gasteiger partial charge in [-0.1, -0.05) is 19.1 Å². The van der Waals surface area contributed by atoms with Crippen LogP contribution in [0.2, 0.25) is 0 Å². The first-order chi connectivity index (χ1) is 9.10. The van der Waals surface area contributed by atoms with Gasteiger partial charge >= 0.3 is 0 Å². The fourth-order valence-corrected chi connectivity index (χ4v) is 2.79. The van der Waals surface area contributed by atoms with Crippen LogP contribution in [0.1, 0.15) is 39.3 Å². The summed E-state index contributed by atoms with van der Waals surface area (Å²) in [5.41, 5.74) is 2.65. The third kappa shape index (κ3) is 3.71. The van der Waals surface area contributed by atoms with Crippen LogP contribution >= 0.6 is 0 Å². The second-order valence-corrected chi connectivity index (χ2v) is 5.53. The van der Waals surface area contributed by atoms with Gasteiger partial charge in [0.2, 0.25) is 0 Å². The van der Waals surface area contributed by atoms with Gasteiger partial charge in [0.05, 0.1) is 12.2 Å². The van der Waals surface area contributed by atoms with E-state index in [0.29, 0.717) is 18.2 Å².